The van der Waals surface area contributed by atoms with Gasteiger partial charge in [0.05, 0.1) is 32.8 Å². The molecule has 4 aliphatic rings. The van der Waals surface area contributed by atoms with Crippen LogP contribution < -0.4 is 11.1 Å². The van der Waals surface area contributed by atoms with Crippen molar-refractivity contribution in [2.45, 2.75) is 25.7 Å². The van der Waals surface area contributed by atoms with Gasteiger partial charge in [0.1, 0.15) is 0 Å². The Morgan fingerprint density at radius 3 is 1.83 bits per heavy atom. The molecule has 3 aromatic heterocycles. The highest BCUT2D eigenvalue weighted by atomic mass is 16.2. The van der Waals surface area contributed by atoms with Crippen molar-refractivity contribution in [2.75, 3.05) is 0 Å². The van der Waals surface area contributed by atoms with Gasteiger partial charge in [0, 0.05) is 16.5 Å². The summed E-state index contributed by atoms with van der Waals surface area (Å²) in [6, 6.07) is 44.6. The van der Waals surface area contributed by atoms with Crippen LogP contribution >= 0.6 is 0 Å². The standard InChI is InChI=1S/C42H29N3O2/c46-41-35-25-31(30-20-22-37-34(24-30)33-8-4-5-9-36(33)43(37)32-6-2-1-3-7-32)21-23-38(35)44-40-29-17-15-27-12-10-26(11-13-27)14-16-28(18-19-29)39(40)42(47)45(41)44/h1-13,18-25H,14-17H2. The van der Waals surface area contributed by atoms with Crippen molar-refractivity contribution in [3.05, 3.63) is 170 Å². The van der Waals surface area contributed by atoms with Gasteiger partial charge >= 0.3 is 0 Å². The molecule has 0 amide bonds. The molecule has 5 nitrogen and oxygen atoms in total. The van der Waals surface area contributed by atoms with E-state index in [1.165, 1.54) is 21.0 Å². The van der Waals surface area contributed by atoms with Crippen LogP contribution in [0.5, 0.6) is 0 Å². The third kappa shape index (κ3) is 3.77. The van der Waals surface area contributed by atoms with Gasteiger partial charge in [-0.2, -0.15) is 4.52 Å². The van der Waals surface area contributed by atoms with Gasteiger partial charge in [-0.3, -0.25) is 9.59 Å². The molecule has 0 aliphatic heterocycles. The second kappa shape index (κ2) is 9.78. The fourth-order valence-electron chi connectivity index (χ4n) is 7.90. The number of benzene rings is 6. The molecule has 0 saturated heterocycles. The quantitative estimate of drug-likeness (QED) is 0.199. The van der Waals surface area contributed by atoms with E-state index in [4.69, 9.17) is 0 Å². The van der Waals surface area contributed by atoms with E-state index in [0.29, 0.717) is 10.8 Å². The molecule has 0 atom stereocenters. The molecule has 0 saturated carbocycles. The zero-order valence-electron chi connectivity index (χ0n) is 25.6. The number of para-hydroxylation sites is 2. The van der Waals surface area contributed by atoms with Crippen molar-refractivity contribution in [3.8, 4) is 16.8 Å². The zero-order valence-corrected chi connectivity index (χ0v) is 25.6. The zero-order chi connectivity index (χ0) is 31.2. The molecule has 224 valence electrons. The van der Waals surface area contributed by atoms with Crippen LogP contribution in [0.4, 0.5) is 0 Å². The van der Waals surface area contributed by atoms with Crippen molar-refractivity contribution < 1.29 is 0 Å². The average Bonchev–Trinajstić information content (AvgIpc) is 3.72. The van der Waals surface area contributed by atoms with Crippen LogP contribution in [0, 0.1) is 0 Å². The van der Waals surface area contributed by atoms with Gasteiger partial charge in [-0.25, -0.2) is 4.52 Å². The van der Waals surface area contributed by atoms with Crippen LogP contribution in [0.3, 0.4) is 0 Å². The summed E-state index contributed by atoms with van der Waals surface area (Å²) in [6.07, 6.45) is 3.26. The first-order chi connectivity index (χ1) is 23.1. The molecule has 4 bridgehead atoms. The molecule has 0 spiro atoms. The lowest BCUT2D eigenvalue weighted by Gasteiger charge is -2.12. The molecule has 0 fully saturated rings. The number of aromatic nitrogens is 3. The average molecular weight is 608 g/mol. The number of rotatable bonds is 2. The number of nitrogens with zero attached hydrogens (tertiary/aromatic N) is 3. The van der Waals surface area contributed by atoms with Gasteiger partial charge in [-0.05, 0) is 102 Å². The van der Waals surface area contributed by atoms with Crippen LogP contribution in [0.15, 0.2) is 137 Å². The molecule has 9 aromatic rings. The second-order valence-electron chi connectivity index (χ2n) is 12.8. The largest absolute Gasteiger partial charge is 0.309 e. The summed E-state index contributed by atoms with van der Waals surface area (Å²) in [5.74, 6) is 0. The van der Waals surface area contributed by atoms with Crippen LogP contribution in [0.25, 0.3) is 60.4 Å². The maximum absolute atomic E-state index is 14.1. The highest BCUT2D eigenvalue weighted by Crippen LogP contribution is 2.36. The summed E-state index contributed by atoms with van der Waals surface area (Å²) < 4.78 is 5.56. The number of fused-ring (bicyclic) bond motifs is 6. The summed E-state index contributed by atoms with van der Waals surface area (Å²) in [4.78, 5) is 28.2. The Bertz CT molecular complexity index is 2820. The third-order valence-electron chi connectivity index (χ3n) is 10.2. The second-order valence-corrected chi connectivity index (χ2v) is 12.8. The van der Waals surface area contributed by atoms with Crippen molar-refractivity contribution in [1.29, 1.82) is 0 Å². The van der Waals surface area contributed by atoms with Gasteiger partial charge in [-0.15, -0.1) is 0 Å². The van der Waals surface area contributed by atoms with E-state index in [1.807, 2.05) is 22.7 Å². The molecule has 3 heterocycles. The molecule has 0 N–H and O–H groups in total. The van der Waals surface area contributed by atoms with Gasteiger partial charge in [0.25, 0.3) is 11.1 Å². The number of aryl methyl sites for hydroxylation is 4. The fraction of sp³-hybridized carbons (Fsp3) is 0.0952. The molecular formula is C42H29N3O2. The Labute approximate surface area is 269 Å². The summed E-state index contributed by atoms with van der Waals surface area (Å²) in [5.41, 5.74) is 11.2. The number of hydrogen-bond acceptors (Lipinski definition) is 2. The normalized spacial score (nSPS) is 13.4. The Morgan fingerprint density at radius 1 is 0.447 bits per heavy atom. The van der Waals surface area contributed by atoms with E-state index in [9.17, 15) is 9.59 Å². The van der Waals surface area contributed by atoms with E-state index in [1.54, 1.807) is 0 Å². The first-order valence-corrected chi connectivity index (χ1v) is 16.3. The predicted molar refractivity (Wildman–Crippen MR) is 191 cm³/mol. The van der Waals surface area contributed by atoms with E-state index in [2.05, 4.69) is 114 Å². The van der Waals surface area contributed by atoms with E-state index >= 15 is 0 Å². The lowest BCUT2D eigenvalue weighted by atomic mass is 9.94. The minimum Gasteiger partial charge on any atom is -0.309 e. The predicted octanol–water partition coefficient (Wildman–Crippen LogP) is 8.15. The maximum atomic E-state index is 14.1. The van der Waals surface area contributed by atoms with Crippen molar-refractivity contribution in [2.24, 2.45) is 0 Å². The maximum Gasteiger partial charge on any atom is 0.282 e. The monoisotopic (exact) mass is 607 g/mol. The van der Waals surface area contributed by atoms with Crippen LogP contribution in [-0.2, 0) is 25.7 Å². The highest BCUT2D eigenvalue weighted by molar-refractivity contribution is 6.10. The minimum absolute atomic E-state index is 0.222. The Morgan fingerprint density at radius 2 is 1.06 bits per heavy atom. The molecule has 4 aliphatic carbocycles. The SMILES string of the molecule is O=c1c2cc(-c3ccc4c(c3)c3ccccc3n4-c3ccccc3)ccc2n2c3c4ccc(c3c(=O)n12)CCc1ccc(cc1)CC4. The molecule has 47 heavy (non-hydrogen) atoms. The van der Waals surface area contributed by atoms with Crippen LogP contribution in [-0.4, -0.2) is 13.6 Å². The minimum atomic E-state index is -0.266. The fourth-order valence-corrected chi connectivity index (χ4v) is 7.90. The van der Waals surface area contributed by atoms with E-state index in [0.717, 1.165) is 81.1 Å². The lowest BCUT2D eigenvalue weighted by molar-refractivity contribution is 0.835. The summed E-state index contributed by atoms with van der Waals surface area (Å²) >= 11 is 0. The Balaban J connectivity index is 1.17. The van der Waals surface area contributed by atoms with Crippen molar-refractivity contribution in [3.63, 3.8) is 0 Å². The van der Waals surface area contributed by atoms with Gasteiger partial charge in [0.15, 0.2) is 0 Å². The molecule has 13 rings (SSSR count). The van der Waals surface area contributed by atoms with Crippen LogP contribution in [0.2, 0.25) is 0 Å². The topological polar surface area (TPSA) is 47.9 Å². The summed E-state index contributed by atoms with van der Waals surface area (Å²) in [6.45, 7) is 0. The lowest BCUT2D eigenvalue weighted by Crippen LogP contribution is -2.21. The number of hydrogen-bond donors (Lipinski definition) is 0. The van der Waals surface area contributed by atoms with Gasteiger partial charge in [0.2, 0.25) is 0 Å². The third-order valence-corrected chi connectivity index (χ3v) is 10.2. The molecule has 0 unspecified atom stereocenters. The van der Waals surface area contributed by atoms with Gasteiger partial charge < -0.3 is 4.57 Å². The van der Waals surface area contributed by atoms with Gasteiger partial charge in [-0.1, -0.05) is 84.9 Å². The molecule has 5 heteroatoms. The summed E-state index contributed by atoms with van der Waals surface area (Å²) in [7, 11) is 0. The van der Waals surface area contributed by atoms with E-state index in [-0.39, 0.29) is 11.1 Å². The van der Waals surface area contributed by atoms with Crippen molar-refractivity contribution in [1.82, 2.24) is 13.6 Å². The summed E-state index contributed by atoms with van der Waals surface area (Å²) in [5, 5.41) is 3.57. The first kappa shape index (κ1) is 26.3. The first-order valence-electron chi connectivity index (χ1n) is 16.3. The molecular weight excluding hydrogens is 578 g/mol. The van der Waals surface area contributed by atoms with Crippen molar-refractivity contribution >= 4 is 43.6 Å². The Kier molecular flexibility index (Phi) is 5.47. The van der Waals surface area contributed by atoms with Crippen LogP contribution in [0.1, 0.15) is 22.3 Å². The Hall–Kier alpha value is -5.94. The smallest absolute Gasteiger partial charge is 0.282 e. The van der Waals surface area contributed by atoms with E-state index < -0.39 is 0 Å². The molecule has 0 radical (unpaired) electrons. The highest BCUT2D eigenvalue weighted by Gasteiger charge is 2.23. The molecule has 6 aromatic carbocycles.